The monoisotopic (exact) mass is 301 g/mol. The average molecular weight is 301 g/mol. The number of hydrogen-bond acceptors (Lipinski definition) is 2. The first kappa shape index (κ1) is 17.1. The lowest BCUT2D eigenvalue weighted by Crippen LogP contribution is -2.14. The Balaban J connectivity index is 2.51. The Hall–Kier alpha value is -1.98. The second kappa shape index (κ2) is 7.71. The predicted molar refractivity (Wildman–Crippen MR) is 74.9 cm³/mol. The zero-order valence-corrected chi connectivity index (χ0v) is 12.0. The highest BCUT2D eigenvalue weighted by atomic mass is 19.4. The summed E-state index contributed by atoms with van der Waals surface area (Å²) in [6.07, 6.45) is -3.59. The molecule has 0 bridgehead atoms. The highest BCUT2D eigenvalue weighted by Gasteiger charge is 2.26. The summed E-state index contributed by atoms with van der Waals surface area (Å²) in [4.78, 5) is 11.2. The molecule has 0 spiro atoms. The summed E-state index contributed by atoms with van der Waals surface area (Å²) in [5.74, 6) is 0.314. The Labute approximate surface area is 121 Å². The summed E-state index contributed by atoms with van der Waals surface area (Å²) in [6, 6.07) is 6.86. The number of carbonyl (C=O) groups is 1. The molecule has 0 aliphatic carbocycles. The number of nitrogens with one attached hydrogen (secondary N) is 1. The van der Waals surface area contributed by atoms with Gasteiger partial charge in [-0.2, -0.15) is 13.2 Å². The van der Waals surface area contributed by atoms with E-state index in [1.165, 1.54) is 6.08 Å². The van der Waals surface area contributed by atoms with Crippen LogP contribution < -0.4 is 10.1 Å². The average Bonchev–Trinajstić information content (AvgIpc) is 2.43. The van der Waals surface area contributed by atoms with Gasteiger partial charge in [-0.25, -0.2) is 0 Å². The molecule has 0 atom stereocenters. The van der Waals surface area contributed by atoms with Crippen LogP contribution in [0.5, 0.6) is 5.75 Å². The van der Waals surface area contributed by atoms with Gasteiger partial charge in [0.05, 0.1) is 6.61 Å². The molecule has 0 aliphatic heterocycles. The summed E-state index contributed by atoms with van der Waals surface area (Å²) < 4.78 is 41.1. The summed E-state index contributed by atoms with van der Waals surface area (Å²) in [5, 5.41) is 2.49. The number of allylic oxidation sites excluding steroid dienone is 1. The molecule has 1 rings (SSSR count). The lowest BCUT2D eigenvalue weighted by atomic mass is 10.1. The fraction of sp³-hybridized carbons (Fsp3) is 0.400. The first-order valence-electron chi connectivity index (χ1n) is 6.52. The molecule has 0 saturated carbocycles. The summed E-state index contributed by atoms with van der Waals surface area (Å²) in [7, 11) is 1.55. The molecule has 0 aliphatic rings. The highest BCUT2D eigenvalue weighted by Crippen LogP contribution is 2.22. The van der Waals surface area contributed by atoms with Crippen molar-refractivity contribution in [2.24, 2.45) is 0 Å². The SMILES string of the molecule is CNC(=O)C=C(C)c1ccc(OCCCC(F)(F)F)cc1. The smallest absolute Gasteiger partial charge is 0.389 e. The molecule has 3 nitrogen and oxygen atoms in total. The van der Waals surface area contributed by atoms with Gasteiger partial charge in [0.25, 0.3) is 0 Å². The van der Waals surface area contributed by atoms with Gasteiger partial charge in [-0.1, -0.05) is 12.1 Å². The Morgan fingerprint density at radius 1 is 1.29 bits per heavy atom. The molecule has 6 heteroatoms. The zero-order chi connectivity index (χ0) is 15.9. The number of alkyl halides is 3. The van der Waals surface area contributed by atoms with E-state index < -0.39 is 12.6 Å². The number of amides is 1. The molecule has 1 aromatic carbocycles. The van der Waals surface area contributed by atoms with Gasteiger partial charge in [0.15, 0.2) is 0 Å². The van der Waals surface area contributed by atoms with Gasteiger partial charge in [0.1, 0.15) is 5.75 Å². The Morgan fingerprint density at radius 3 is 2.43 bits per heavy atom. The second-order valence-electron chi connectivity index (χ2n) is 4.53. The van der Waals surface area contributed by atoms with Crippen LogP contribution in [-0.4, -0.2) is 25.7 Å². The maximum Gasteiger partial charge on any atom is 0.389 e. The Kier molecular flexibility index (Phi) is 6.27. The quantitative estimate of drug-likeness (QED) is 0.644. The predicted octanol–water partition coefficient (Wildman–Crippen LogP) is 3.56. The molecule has 21 heavy (non-hydrogen) atoms. The molecule has 0 heterocycles. The van der Waals surface area contributed by atoms with Crippen molar-refractivity contribution in [1.29, 1.82) is 0 Å². The van der Waals surface area contributed by atoms with Crippen LogP contribution in [0.25, 0.3) is 5.57 Å². The Bertz CT molecular complexity index is 493. The zero-order valence-electron chi connectivity index (χ0n) is 12.0. The van der Waals surface area contributed by atoms with Crippen LogP contribution in [0, 0.1) is 0 Å². The molecular weight excluding hydrogens is 283 g/mol. The number of hydrogen-bond donors (Lipinski definition) is 1. The number of rotatable bonds is 6. The van der Waals surface area contributed by atoms with E-state index in [9.17, 15) is 18.0 Å². The third kappa shape index (κ3) is 6.83. The number of ether oxygens (including phenoxy) is 1. The number of carbonyl (C=O) groups excluding carboxylic acids is 1. The van der Waals surface area contributed by atoms with E-state index in [1.54, 1.807) is 38.2 Å². The van der Waals surface area contributed by atoms with E-state index >= 15 is 0 Å². The van der Waals surface area contributed by atoms with E-state index in [1.807, 2.05) is 0 Å². The normalized spacial score (nSPS) is 12.1. The van der Waals surface area contributed by atoms with Crippen molar-refractivity contribution in [2.45, 2.75) is 25.9 Å². The van der Waals surface area contributed by atoms with Gasteiger partial charge in [-0.05, 0) is 36.6 Å². The van der Waals surface area contributed by atoms with Crippen LogP contribution >= 0.6 is 0 Å². The van der Waals surface area contributed by atoms with Crippen LogP contribution in [0.2, 0.25) is 0 Å². The van der Waals surface area contributed by atoms with E-state index in [0.717, 1.165) is 11.1 Å². The lowest BCUT2D eigenvalue weighted by molar-refractivity contribution is -0.136. The van der Waals surface area contributed by atoms with Crippen LogP contribution in [0.4, 0.5) is 13.2 Å². The Morgan fingerprint density at radius 2 is 1.90 bits per heavy atom. The maximum absolute atomic E-state index is 12.0. The van der Waals surface area contributed by atoms with Crippen molar-refractivity contribution < 1.29 is 22.7 Å². The van der Waals surface area contributed by atoms with E-state index in [0.29, 0.717) is 5.75 Å². The van der Waals surface area contributed by atoms with Crippen molar-refractivity contribution in [1.82, 2.24) is 5.32 Å². The van der Waals surface area contributed by atoms with Crippen molar-refractivity contribution in [3.8, 4) is 5.75 Å². The van der Waals surface area contributed by atoms with Gasteiger partial charge < -0.3 is 10.1 Å². The van der Waals surface area contributed by atoms with Gasteiger partial charge in [-0.15, -0.1) is 0 Å². The third-order valence-electron chi connectivity index (χ3n) is 2.78. The molecule has 1 aromatic rings. The van der Waals surface area contributed by atoms with Crippen LogP contribution in [-0.2, 0) is 4.79 Å². The molecule has 0 aromatic heterocycles. The number of halogens is 3. The topological polar surface area (TPSA) is 38.3 Å². The highest BCUT2D eigenvalue weighted by molar-refractivity contribution is 5.94. The minimum absolute atomic E-state index is 0.0198. The molecule has 116 valence electrons. The minimum atomic E-state index is -4.14. The van der Waals surface area contributed by atoms with Crippen molar-refractivity contribution in [3.63, 3.8) is 0 Å². The number of likely N-dealkylation sites (N-methyl/N-ethyl adjacent to an activating group) is 1. The summed E-state index contributed by atoms with van der Waals surface area (Å²) >= 11 is 0. The van der Waals surface area contributed by atoms with E-state index in [-0.39, 0.29) is 18.9 Å². The summed E-state index contributed by atoms with van der Waals surface area (Å²) in [6.45, 7) is 1.82. The number of benzene rings is 1. The first-order valence-corrected chi connectivity index (χ1v) is 6.52. The van der Waals surface area contributed by atoms with Crippen molar-refractivity contribution in [2.75, 3.05) is 13.7 Å². The van der Waals surface area contributed by atoms with Gasteiger partial charge in [0.2, 0.25) is 5.91 Å². The molecule has 0 radical (unpaired) electrons. The molecule has 0 saturated heterocycles. The second-order valence-corrected chi connectivity index (χ2v) is 4.53. The van der Waals surface area contributed by atoms with E-state index in [4.69, 9.17) is 4.74 Å². The van der Waals surface area contributed by atoms with Gasteiger partial charge in [-0.3, -0.25) is 4.79 Å². The van der Waals surface area contributed by atoms with Crippen molar-refractivity contribution in [3.05, 3.63) is 35.9 Å². The third-order valence-corrected chi connectivity index (χ3v) is 2.78. The fourth-order valence-corrected chi connectivity index (χ4v) is 1.63. The molecule has 0 unspecified atom stereocenters. The van der Waals surface area contributed by atoms with Crippen LogP contribution in [0.15, 0.2) is 30.3 Å². The van der Waals surface area contributed by atoms with Gasteiger partial charge >= 0.3 is 6.18 Å². The first-order chi connectivity index (χ1) is 9.81. The minimum Gasteiger partial charge on any atom is -0.494 e. The van der Waals surface area contributed by atoms with E-state index in [2.05, 4.69) is 5.32 Å². The van der Waals surface area contributed by atoms with Crippen molar-refractivity contribution >= 4 is 11.5 Å². The standard InChI is InChI=1S/C15H18F3NO2/c1-11(10-14(20)19-2)12-4-6-13(7-5-12)21-9-3-8-15(16,17)18/h4-7,10H,3,8-9H2,1-2H3,(H,19,20). The van der Waals surface area contributed by atoms with Crippen LogP contribution in [0.1, 0.15) is 25.3 Å². The maximum atomic E-state index is 12.0. The molecular formula is C15H18F3NO2. The molecule has 1 N–H and O–H groups in total. The molecule has 0 fully saturated rings. The van der Waals surface area contributed by atoms with Gasteiger partial charge in [0, 0.05) is 19.5 Å². The van der Waals surface area contributed by atoms with Crippen LogP contribution in [0.3, 0.4) is 0 Å². The fourth-order valence-electron chi connectivity index (χ4n) is 1.63. The molecule has 1 amide bonds. The largest absolute Gasteiger partial charge is 0.494 e. The summed E-state index contributed by atoms with van der Waals surface area (Å²) in [5.41, 5.74) is 1.64. The lowest BCUT2D eigenvalue weighted by Gasteiger charge is -2.09.